The first kappa shape index (κ1) is 19.1. The Bertz CT molecular complexity index is 658. The molecule has 2 N–H and O–H groups in total. The van der Waals surface area contributed by atoms with E-state index in [9.17, 15) is 10.2 Å². The molecule has 26 heavy (non-hydrogen) atoms. The quantitative estimate of drug-likeness (QED) is 0.789. The molecule has 140 valence electrons. The van der Waals surface area contributed by atoms with E-state index in [0.29, 0.717) is 6.61 Å². The van der Waals surface area contributed by atoms with Crippen LogP contribution in [0.4, 0.5) is 0 Å². The van der Waals surface area contributed by atoms with Crippen LogP contribution in [0.15, 0.2) is 60.7 Å². The van der Waals surface area contributed by atoms with Gasteiger partial charge in [0, 0.05) is 5.56 Å². The molecule has 0 aromatic heterocycles. The topological polar surface area (TPSA) is 58.9 Å². The average molecular weight is 356 g/mol. The molecule has 0 amide bonds. The molecule has 0 bridgehead atoms. The lowest BCUT2D eigenvalue weighted by molar-refractivity contribution is -0.343. The summed E-state index contributed by atoms with van der Waals surface area (Å²) in [7, 11) is 0. The molecule has 4 unspecified atom stereocenters. The highest BCUT2D eigenvalue weighted by molar-refractivity contribution is 5.28. The molecule has 2 aromatic rings. The lowest BCUT2D eigenvalue weighted by atomic mass is 9.92. The first-order valence-electron chi connectivity index (χ1n) is 9.40. The summed E-state index contributed by atoms with van der Waals surface area (Å²) >= 11 is 0. The van der Waals surface area contributed by atoms with E-state index in [2.05, 4.69) is 0 Å². The van der Waals surface area contributed by atoms with E-state index in [1.165, 1.54) is 0 Å². The van der Waals surface area contributed by atoms with Crippen LogP contribution in [0.3, 0.4) is 0 Å². The van der Waals surface area contributed by atoms with Crippen molar-refractivity contribution < 1.29 is 19.7 Å². The van der Waals surface area contributed by atoms with Crippen molar-refractivity contribution in [1.82, 2.24) is 0 Å². The van der Waals surface area contributed by atoms with Gasteiger partial charge in [-0.15, -0.1) is 0 Å². The molecule has 0 spiro atoms. The van der Waals surface area contributed by atoms with Crippen LogP contribution in [0.5, 0.6) is 0 Å². The van der Waals surface area contributed by atoms with Crippen molar-refractivity contribution in [2.75, 3.05) is 6.61 Å². The number of benzene rings is 2. The molecular formula is C22H28O4. The Hall–Kier alpha value is -1.72. The van der Waals surface area contributed by atoms with Gasteiger partial charge >= 0.3 is 0 Å². The third kappa shape index (κ3) is 4.33. The standard InChI is InChI=1S/C22H28O4/c1-17(23)9-8-14-20-15-16-25-22(26-20,19-12-6-3-7-13-19)21(24)18-10-4-2-5-11-18/h2-7,10-13,17,20-21,23-24H,8-9,14-16H2,1H3. The summed E-state index contributed by atoms with van der Waals surface area (Å²) in [5.74, 6) is -1.21. The molecule has 0 saturated carbocycles. The Morgan fingerprint density at radius 2 is 1.69 bits per heavy atom. The van der Waals surface area contributed by atoms with Gasteiger partial charge < -0.3 is 19.7 Å². The maximum atomic E-state index is 11.2. The SMILES string of the molecule is CC(O)CCCC1CCOC(c2ccccc2)(C(O)c2ccccc2)O1. The second-order valence-electron chi connectivity index (χ2n) is 7.00. The normalized spacial score (nSPS) is 25.6. The maximum Gasteiger partial charge on any atom is 0.226 e. The van der Waals surface area contributed by atoms with Crippen molar-refractivity contribution in [2.45, 2.75) is 56.7 Å². The van der Waals surface area contributed by atoms with Crippen LogP contribution in [-0.2, 0) is 15.3 Å². The number of hydrogen-bond donors (Lipinski definition) is 2. The summed E-state index contributed by atoms with van der Waals surface area (Å²) in [4.78, 5) is 0. The Kier molecular flexibility index (Phi) is 6.43. The smallest absolute Gasteiger partial charge is 0.226 e. The van der Waals surface area contributed by atoms with E-state index >= 15 is 0 Å². The van der Waals surface area contributed by atoms with Crippen LogP contribution >= 0.6 is 0 Å². The van der Waals surface area contributed by atoms with Gasteiger partial charge in [-0.1, -0.05) is 60.7 Å². The van der Waals surface area contributed by atoms with Gasteiger partial charge in [0.2, 0.25) is 5.79 Å². The summed E-state index contributed by atoms with van der Waals surface area (Å²) in [5.41, 5.74) is 1.58. The summed E-state index contributed by atoms with van der Waals surface area (Å²) in [6.07, 6.45) is 2.02. The van der Waals surface area contributed by atoms with E-state index < -0.39 is 11.9 Å². The van der Waals surface area contributed by atoms with Crippen LogP contribution in [0.25, 0.3) is 0 Å². The number of rotatable bonds is 7. The second kappa shape index (κ2) is 8.78. The minimum atomic E-state index is -1.21. The zero-order valence-electron chi connectivity index (χ0n) is 15.3. The minimum Gasteiger partial charge on any atom is -0.393 e. The summed E-state index contributed by atoms with van der Waals surface area (Å²) < 4.78 is 12.5. The fourth-order valence-electron chi connectivity index (χ4n) is 3.50. The predicted molar refractivity (Wildman–Crippen MR) is 100 cm³/mol. The lowest BCUT2D eigenvalue weighted by Gasteiger charge is -2.44. The summed E-state index contributed by atoms with van der Waals surface area (Å²) in [6.45, 7) is 2.33. The Balaban J connectivity index is 1.86. The van der Waals surface area contributed by atoms with Crippen LogP contribution in [-0.4, -0.2) is 29.0 Å². The van der Waals surface area contributed by atoms with Gasteiger partial charge in [0.25, 0.3) is 0 Å². The lowest BCUT2D eigenvalue weighted by Crippen LogP contribution is -2.46. The van der Waals surface area contributed by atoms with Crippen molar-refractivity contribution in [3.63, 3.8) is 0 Å². The highest BCUT2D eigenvalue weighted by Gasteiger charge is 2.47. The number of hydrogen-bond acceptors (Lipinski definition) is 4. The predicted octanol–water partition coefficient (Wildman–Crippen LogP) is 3.93. The van der Waals surface area contributed by atoms with Gasteiger partial charge in [0.15, 0.2) is 0 Å². The average Bonchev–Trinajstić information content (AvgIpc) is 2.68. The van der Waals surface area contributed by atoms with Gasteiger partial charge in [0.05, 0.1) is 18.8 Å². The number of ether oxygens (including phenoxy) is 2. The van der Waals surface area contributed by atoms with E-state index in [-0.39, 0.29) is 12.2 Å². The largest absolute Gasteiger partial charge is 0.393 e. The molecule has 3 rings (SSSR count). The highest BCUT2D eigenvalue weighted by Crippen LogP contribution is 2.44. The fraction of sp³-hybridized carbons (Fsp3) is 0.455. The zero-order valence-corrected chi connectivity index (χ0v) is 15.3. The van der Waals surface area contributed by atoms with Crippen LogP contribution in [0.2, 0.25) is 0 Å². The molecule has 1 fully saturated rings. The van der Waals surface area contributed by atoms with Gasteiger partial charge in [-0.3, -0.25) is 0 Å². The third-order valence-corrected chi connectivity index (χ3v) is 4.90. The van der Waals surface area contributed by atoms with Gasteiger partial charge in [-0.25, -0.2) is 0 Å². The second-order valence-corrected chi connectivity index (χ2v) is 7.00. The molecule has 4 atom stereocenters. The molecule has 0 aliphatic carbocycles. The molecule has 2 aromatic carbocycles. The molecule has 1 heterocycles. The monoisotopic (exact) mass is 356 g/mol. The van der Waals surface area contributed by atoms with Crippen molar-refractivity contribution in [3.8, 4) is 0 Å². The summed E-state index contributed by atoms with van der Waals surface area (Å²) in [5, 5.41) is 20.7. The molecule has 1 aliphatic heterocycles. The first-order chi connectivity index (χ1) is 12.6. The van der Waals surface area contributed by atoms with E-state index in [1.54, 1.807) is 6.92 Å². The van der Waals surface area contributed by atoms with Crippen molar-refractivity contribution in [3.05, 3.63) is 71.8 Å². The molecule has 1 saturated heterocycles. The minimum absolute atomic E-state index is 0.0129. The molecule has 0 radical (unpaired) electrons. The van der Waals surface area contributed by atoms with Crippen molar-refractivity contribution in [2.24, 2.45) is 0 Å². The molecular weight excluding hydrogens is 328 g/mol. The highest BCUT2D eigenvalue weighted by atomic mass is 16.7. The van der Waals surface area contributed by atoms with Crippen LogP contribution < -0.4 is 0 Å². The number of aliphatic hydroxyl groups is 2. The van der Waals surface area contributed by atoms with Crippen LogP contribution in [0.1, 0.15) is 49.8 Å². The van der Waals surface area contributed by atoms with Crippen molar-refractivity contribution in [1.29, 1.82) is 0 Å². The zero-order chi connectivity index (χ0) is 18.4. The maximum absolute atomic E-state index is 11.2. The van der Waals surface area contributed by atoms with Crippen LogP contribution in [0, 0.1) is 0 Å². The van der Waals surface area contributed by atoms with Gasteiger partial charge in [0.1, 0.15) is 6.10 Å². The summed E-state index contributed by atoms with van der Waals surface area (Å²) in [6, 6.07) is 19.2. The molecule has 4 heteroatoms. The van der Waals surface area contributed by atoms with E-state index in [1.807, 2.05) is 60.7 Å². The Morgan fingerprint density at radius 1 is 1.04 bits per heavy atom. The van der Waals surface area contributed by atoms with Crippen molar-refractivity contribution >= 4 is 0 Å². The van der Waals surface area contributed by atoms with E-state index in [0.717, 1.165) is 36.8 Å². The molecule has 1 aliphatic rings. The number of aliphatic hydroxyl groups excluding tert-OH is 2. The first-order valence-corrected chi connectivity index (χ1v) is 9.40. The van der Waals surface area contributed by atoms with Gasteiger partial charge in [-0.2, -0.15) is 0 Å². The third-order valence-electron chi connectivity index (χ3n) is 4.90. The Morgan fingerprint density at radius 3 is 2.35 bits per heavy atom. The van der Waals surface area contributed by atoms with Gasteiger partial charge in [-0.05, 0) is 38.2 Å². The van der Waals surface area contributed by atoms with E-state index in [4.69, 9.17) is 9.47 Å². The molecule has 4 nitrogen and oxygen atoms in total. The fourth-order valence-corrected chi connectivity index (χ4v) is 3.50. The Labute approximate surface area is 155 Å².